The molecule has 8 heteroatoms. The number of amides is 2. The number of β-amino-alcohol motifs (C(OH)–C–C–N with tert-alkyl or cyclic N) is 1. The number of carbonyl (C=O) groups excluding carboxylic acids is 3. The van der Waals surface area contributed by atoms with Crippen LogP contribution in [0.25, 0.3) is 0 Å². The number of carbonyl (C=O) groups is 3. The molecule has 3 N–H and O–H groups in total. The van der Waals surface area contributed by atoms with Crippen LogP contribution in [0, 0.1) is 0 Å². The van der Waals surface area contributed by atoms with E-state index in [-0.39, 0.29) is 25.3 Å². The molecule has 2 amide bonds. The van der Waals surface area contributed by atoms with Crippen LogP contribution in [-0.4, -0.2) is 63.7 Å². The van der Waals surface area contributed by atoms with E-state index in [0.29, 0.717) is 0 Å². The molecule has 0 radical (unpaired) electrons. The highest BCUT2D eigenvalue weighted by Gasteiger charge is 2.42. The van der Waals surface area contributed by atoms with Crippen molar-refractivity contribution in [2.75, 3.05) is 19.7 Å². The van der Waals surface area contributed by atoms with Gasteiger partial charge in [-0.2, -0.15) is 0 Å². The molecule has 136 valence electrons. The Labute approximate surface area is 141 Å². The molecule has 0 spiro atoms. The molecule has 0 aromatic rings. The van der Waals surface area contributed by atoms with Crippen molar-refractivity contribution in [3.8, 4) is 0 Å². The third kappa shape index (κ3) is 4.95. The zero-order chi connectivity index (χ0) is 18.7. The number of ether oxygens (including phenoxy) is 1. The van der Waals surface area contributed by atoms with Crippen molar-refractivity contribution in [3.05, 3.63) is 11.3 Å². The quantitative estimate of drug-likeness (QED) is 0.487. The van der Waals surface area contributed by atoms with E-state index in [9.17, 15) is 19.5 Å². The molecule has 1 heterocycles. The number of aliphatic hydroxyl groups is 2. The molecule has 1 rings (SSSR count). The molecule has 0 bridgehead atoms. The highest BCUT2D eigenvalue weighted by Crippen LogP contribution is 2.31. The SMILES string of the molecule is CC(C)(C)OC(=O)CNC(=O)C1=C(O)CC(C)(C)N(CCO)C1=O. The van der Waals surface area contributed by atoms with E-state index in [2.05, 4.69) is 5.32 Å². The van der Waals surface area contributed by atoms with Crippen LogP contribution in [-0.2, 0) is 19.1 Å². The second kappa shape index (κ2) is 7.21. The van der Waals surface area contributed by atoms with Crippen LogP contribution < -0.4 is 5.32 Å². The van der Waals surface area contributed by atoms with E-state index in [1.165, 1.54) is 4.90 Å². The van der Waals surface area contributed by atoms with E-state index in [1.807, 2.05) is 0 Å². The lowest BCUT2D eigenvalue weighted by atomic mass is 9.89. The minimum Gasteiger partial charge on any atom is -0.511 e. The largest absolute Gasteiger partial charge is 0.511 e. The molecule has 0 saturated carbocycles. The topological polar surface area (TPSA) is 116 Å². The molecular formula is C16H26N2O6. The van der Waals surface area contributed by atoms with Gasteiger partial charge in [-0.1, -0.05) is 0 Å². The maximum atomic E-state index is 12.5. The van der Waals surface area contributed by atoms with E-state index in [1.54, 1.807) is 34.6 Å². The van der Waals surface area contributed by atoms with Gasteiger partial charge < -0.3 is 25.2 Å². The Hall–Kier alpha value is -2.09. The molecule has 24 heavy (non-hydrogen) atoms. The summed E-state index contributed by atoms with van der Waals surface area (Å²) in [5, 5.41) is 21.5. The van der Waals surface area contributed by atoms with Gasteiger partial charge in [-0.15, -0.1) is 0 Å². The summed E-state index contributed by atoms with van der Waals surface area (Å²) >= 11 is 0. The summed E-state index contributed by atoms with van der Waals surface area (Å²) in [6, 6.07) is 0. The van der Waals surface area contributed by atoms with Crippen LogP contribution in [0.5, 0.6) is 0 Å². The number of nitrogens with zero attached hydrogens (tertiary/aromatic N) is 1. The Morgan fingerprint density at radius 1 is 1.33 bits per heavy atom. The second-order valence-electron chi connectivity index (χ2n) is 7.26. The second-order valence-corrected chi connectivity index (χ2v) is 7.26. The lowest BCUT2D eigenvalue weighted by Gasteiger charge is -2.42. The number of esters is 1. The summed E-state index contributed by atoms with van der Waals surface area (Å²) in [5.74, 6) is -2.51. The van der Waals surface area contributed by atoms with E-state index in [4.69, 9.17) is 9.84 Å². The number of aliphatic hydroxyl groups excluding tert-OH is 2. The smallest absolute Gasteiger partial charge is 0.325 e. The average molecular weight is 342 g/mol. The Kier molecular flexibility index (Phi) is 5.99. The van der Waals surface area contributed by atoms with Crippen molar-refractivity contribution in [3.63, 3.8) is 0 Å². The average Bonchev–Trinajstić information content (AvgIpc) is 2.38. The lowest BCUT2D eigenvalue weighted by molar-refractivity contribution is -0.154. The molecule has 0 saturated heterocycles. The molecule has 1 aliphatic rings. The van der Waals surface area contributed by atoms with Gasteiger partial charge in [0.25, 0.3) is 11.8 Å². The van der Waals surface area contributed by atoms with Crippen LogP contribution in [0.2, 0.25) is 0 Å². The van der Waals surface area contributed by atoms with Gasteiger partial charge in [-0.3, -0.25) is 14.4 Å². The summed E-state index contributed by atoms with van der Waals surface area (Å²) in [4.78, 5) is 37.6. The fourth-order valence-corrected chi connectivity index (χ4v) is 2.48. The normalized spacial score (nSPS) is 17.8. The minimum absolute atomic E-state index is 0.0436. The fourth-order valence-electron chi connectivity index (χ4n) is 2.48. The number of hydrogen-bond donors (Lipinski definition) is 3. The summed E-state index contributed by atoms with van der Waals surface area (Å²) in [5.41, 5.74) is -1.82. The van der Waals surface area contributed by atoms with Gasteiger partial charge in [0.2, 0.25) is 0 Å². The Morgan fingerprint density at radius 2 is 1.92 bits per heavy atom. The molecule has 0 aliphatic carbocycles. The number of hydrogen-bond acceptors (Lipinski definition) is 6. The number of nitrogens with one attached hydrogen (secondary N) is 1. The molecule has 0 aromatic heterocycles. The zero-order valence-corrected chi connectivity index (χ0v) is 14.8. The molecule has 0 aromatic carbocycles. The van der Waals surface area contributed by atoms with E-state index < -0.39 is 41.0 Å². The summed E-state index contributed by atoms with van der Waals surface area (Å²) in [6.45, 7) is 7.91. The first-order valence-corrected chi connectivity index (χ1v) is 7.74. The van der Waals surface area contributed by atoms with Crippen LogP contribution in [0.15, 0.2) is 11.3 Å². The maximum Gasteiger partial charge on any atom is 0.325 e. The van der Waals surface area contributed by atoms with Crippen molar-refractivity contribution in [1.29, 1.82) is 0 Å². The molecule has 8 nitrogen and oxygen atoms in total. The third-order valence-electron chi connectivity index (χ3n) is 3.44. The molecular weight excluding hydrogens is 316 g/mol. The Morgan fingerprint density at radius 3 is 2.42 bits per heavy atom. The van der Waals surface area contributed by atoms with Gasteiger partial charge >= 0.3 is 5.97 Å². The highest BCUT2D eigenvalue weighted by molar-refractivity contribution is 6.19. The van der Waals surface area contributed by atoms with Crippen LogP contribution in [0.4, 0.5) is 0 Å². The Balaban J connectivity index is 2.85. The van der Waals surface area contributed by atoms with Gasteiger partial charge in [0.1, 0.15) is 23.5 Å². The van der Waals surface area contributed by atoms with Crippen molar-refractivity contribution < 1.29 is 29.3 Å². The molecule has 0 unspecified atom stereocenters. The maximum absolute atomic E-state index is 12.5. The van der Waals surface area contributed by atoms with Gasteiger partial charge in [-0.05, 0) is 34.6 Å². The predicted molar refractivity (Wildman–Crippen MR) is 86.0 cm³/mol. The predicted octanol–water partition coefficient (Wildman–Crippen LogP) is 0.260. The zero-order valence-electron chi connectivity index (χ0n) is 14.8. The molecule has 0 atom stereocenters. The minimum atomic E-state index is -0.846. The van der Waals surface area contributed by atoms with Gasteiger partial charge in [-0.25, -0.2) is 0 Å². The summed E-state index contributed by atoms with van der Waals surface area (Å²) in [7, 11) is 0. The summed E-state index contributed by atoms with van der Waals surface area (Å²) in [6.07, 6.45) is 0.0773. The van der Waals surface area contributed by atoms with Gasteiger partial charge in [0, 0.05) is 18.5 Å². The van der Waals surface area contributed by atoms with Crippen molar-refractivity contribution in [2.45, 2.75) is 52.2 Å². The molecule has 1 aliphatic heterocycles. The first-order valence-electron chi connectivity index (χ1n) is 7.74. The fraction of sp³-hybridized carbons (Fsp3) is 0.688. The standard InChI is InChI=1S/C16H26N2O6/c1-15(2,3)24-11(21)9-17-13(22)12-10(20)8-16(4,5)18(6-7-19)14(12)23/h19-20H,6-9H2,1-5H3,(H,17,22). The number of rotatable bonds is 5. The van der Waals surface area contributed by atoms with E-state index >= 15 is 0 Å². The third-order valence-corrected chi connectivity index (χ3v) is 3.44. The van der Waals surface area contributed by atoms with Crippen LogP contribution in [0.1, 0.15) is 41.0 Å². The van der Waals surface area contributed by atoms with Crippen molar-refractivity contribution >= 4 is 17.8 Å². The van der Waals surface area contributed by atoms with E-state index in [0.717, 1.165) is 0 Å². The van der Waals surface area contributed by atoms with Crippen molar-refractivity contribution in [2.24, 2.45) is 0 Å². The molecule has 0 fully saturated rings. The highest BCUT2D eigenvalue weighted by atomic mass is 16.6. The van der Waals surface area contributed by atoms with Gasteiger partial charge in [0.15, 0.2) is 0 Å². The van der Waals surface area contributed by atoms with Gasteiger partial charge in [0.05, 0.1) is 6.61 Å². The first-order chi connectivity index (χ1) is 10.9. The summed E-state index contributed by atoms with van der Waals surface area (Å²) < 4.78 is 5.06. The lowest BCUT2D eigenvalue weighted by Crippen LogP contribution is -2.54. The van der Waals surface area contributed by atoms with Crippen LogP contribution in [0.3, 0.4) is 0 Å². The first kappa shape index (κ1) is 20.0. The van der Waals surface area contributed by atoms with Crippen LogP contribution >= 0.6 is 0 Å². The van der Waals surface area contributed by atoms with Crippen molar-refractivity contribution in [1.82, 2.24) is 10.2 Å². The monoisotopic (exact) mass is 342 g/mol. The Bertz CT molecular complexity index is 559.